The number of nitriles is 1. The molecule has 0 spiro atoms. The smallest absolute Gasteiger partial charge is 0.262 e. The van der Waals surface area contributed by atoms with Crippen LogP contribution in [0.2, 0.25) is 0 Å². The lowest BCUT2D eigenvalue weighted by Crippen LogP contribution is -2.25. The normalized spacial score (nSPS) is 13.1. The zero-order chi connectivity index (χ0) is 11.5. The minimum absolute atomic E-state index is 0.0154. The fraction of sp³-hybridized carbons (Fsp3) is 0.182. The summed E-state index contributed by atoms with van der Waals surface area (Å²) in [5.74, 6) is 0.00983. The molecule has 0 radical (unpaired) electrons. The zero-order valence-corrected chi connectivity index (χ0v) is 8.32. The first kappa shape index (κ1) is 10.2. The number of nitrogens with one attached hydrogen (secondary N) is 1. The second kappa shape index (κ2) is 4.03. The number of nitrogens with zero attached hydrogens (tertiary/aromatic N) is 1. The van der Waals surface area contributed by atoms with E-state index in [4.69, 9.17) is 10.00 Å². The van der Waals surface area contributed by atoms with Gasteiger partial charge in [0.2, 0.25) is 0 Å². The Labute approximate surface area is 91.6 Å². The summed E-state index contributed by atoms with van der Waals surface area (Å²) >= 11 is 0. The monoisotopic (exact) mass is 216 g/mol. The van der Waals surface area contributed by atoms with Gasteiger partial charge in [0, 0.05) is 5.56 Å². The molecule has 1 heterocycles. The summed E-state index contributed by atoms with van der Waals surface area (Å²) in [4.78, 5) is 22.5. The summed E-state index contributed by atoms with van der Waals surface area (Å²) in [6.45, 7) is -0.0154. The van der Waals surface area contributed by atoms with Gasteiger partial charge in [0.15, 0.2) is 12.4 Å². The third-order valence-corrected chi connectivity index (χ3v) is 2.17. The summed E-state index contributed by atoms with van der Waals surface area (Å²) in [6.07, 6.45) is -0.173. The number of ether oxygens (including phenoxy) is 1. The van der Waals surface area contributed by atoms with E-state index in [9.17, 15) is 9.59 Å². The Morgan fingerprint density at radius 2 is 2.38 bits per heavy atom. The van der Waals surface area contributed by atoms with E-state index in [-0.39, 0.29) is 24.7 Å². The molecule has 1 N–H and O–H groups in total. The van der Waals surface area contributed by atoms with Crippen molar-refractivity contribution in [1.29, 1.82) is 5.26 Å². The maximum atomic E-state index is 11.4. The molecule has 5 nitrogen and oxygen atoms in total. The maximum Gasteiger partial charge on any atom is 0.262 e. The third-order valence-electron chi connectivity index (χ3n) is 2.17. The van der Waals surface area contributed by atoms with Crippen LogP contribution < -0.4 is 10.1 Å². The van der Waals surface area contributed by atoms with Crippen LogP contribution in [0.15, 0.2) is 18.2 Å². The van der Waals surface area contributed by atoms with Gasteiger partial charge in [0.1, 0.15) is 5.75 Å². The van der Waals surface area contributed by atoms with E-state index in [1.807, 2.05) is 0 Å². The highest BCUT2D eigenvalue weighted by molar-refractivity contribution is 6.01. The van der Waals surface area contributed by atoms with Crippen LogP contribution in [0.25, 0.3) is 0 Å². The number of carbonyl (C=O) groups excluding carboxylic acids is 2. The second-order valence-electron chi connectivity index (χ2n) is 3.31. The van der Waals surface area contributed by atoms with Gasteiger partial charge in [-0.1, -0.05) is 0 Å². The Bertz CT molecular complexity index is 502. The molecular weight excluding hydrogens is 208 g/mol. The molecule has 0 saturated carbocycles. The van der Waals surface area contributed by atoms with E-state index in [0.717, 1.165) is 0 Å². The second-order valence-corrected chi connectivity index (χ2v) is 3.31. The maximum absolute atomic E-state index is 11.4. The zero-order valence-electron chi connectivity index (χ0n) is 8.32. The van der Waals surface area contributed by atoms with E-state index in [0.29, 0.717) is 17.0 Å². The highest BCUT2D eigenvalue weighted by atomic mass is 16.5. The summed E-state index contributed by atoms with van der Waals surface area (Å²) in [5, 5.41) is 11.0. The Kier molecular flexibility index (Phi) is 2.56. The van der Waals surface area contributed by atoms with Crippen LogP contribution in [0, 0.1) is 11.3 Å². The number of hydrogen-bond acceptors (Lipinski definition) is 4. The van der Waals surface area contributed by atoms with Gasteiger partial charge >= 0.3 is 0 Å². The lowest BCUT2D eigenvalue weighted by atomic mass is 10.1. The molecule has 0 aliphatic carbocycles. The van der Waals surface area contributed by atoms with Crippen LogP contribution >= 0.6 is 0 Å². The van der Waals surface area contributed by atoms with E-state index >= 15 is 0 Å². The van der Waals surface area contributed by atoms with Gasteiger partial charge in [0.05, 0.1) is 18.2 Å². The number of benzene rings is 1. The average Bonchev–Trinajstić information content (AvgIpc) is 2.28. The molecule has 1 aliphatic heterocycles. The van der Waals surface area contributed by atoms with Gasteiger partial charge in [-0.2, -0.15) is 5.26 Å². The first-order chi connectivity index (χ1) is 7.70. The number of hydrogen-bond donors (Lipinski definition) is 1. The Morgan fingerprint density at radius 1 is 1.56 bits per heavy atom. The van der Waals surface area contributed by atoms with Gasteiger partial charge in [-0.05, 0) is 18.2 Å². The molecule has 0 saturated heterocycles. The summed E-state index contributed by atoms with van der Waals surface area (Å²) in [7, 11) is 0. The van der Waals surface area contributed by atoms with Gasteiger partial charge in [0.25, 0.3) is 5.91 Å². The van der Waals surface area contributed by atoms with Gasteiger partial charge in [-0.15, -0.1) is 0 Å². The topological polar surface area (TPSA) is 79.2 Å². The van der Waals surface area contributed by atoms with Crippen molar-refractivity contribution in [2.24, 2.45) is 0 Å². The Balaban J connectivity index is 2.32. The van der Waals surface area contributed by atoms with E-state index in [2.05, 4.69) is 5.32 Å². The van der Waals surface area contributed by atoms with Crippen molar-refractivity contribution in [3.63, 3.8) is 0 Å². The highest BCUT2D eigenvalue weighted by Gasteiger charge is 2.17. The Morgan fingerprint density at radius 3 is 3.12 bits per heavy atom. The molecule has 1 aliphatic rings. The first-order valence-electron chi connectivity index (χ1n) is 4.67. The number of fused-ring (bicyclic) bond motifs is 1. The summed E-state index contributed by atoms with van der Waals surface area (Å²) in [5.41, 5.74) is 0.867. The molecule has 1 aromatic carbocycles. The SMILES string of the molecule is N#CCC(=O)c1ccc2c(c1)NC(=O)CO2. The number of anilines is 1. The lowest BCUT2D eigenvalue weighted by molar-refractivity contribution is -0.118. The molecule has 1 aromatic rings. The minimum atomic E-state index is -0.273. The minimum Gasteiger partial charge on any atom is -0.482 e. The number of ketones is 1. The van der Waals surface area contributed by atoms with E-state index in [1.165, 1.54) is 6.07 Å². The van der Waals surface area contributed by atoms with Crippen molar-refractivity contribution in [2.45, 2.75) is 6.42 Å². The molecule has 0 unspecified atom stereocenters. The molecule has 0 aromatic heterocycles. The quantitative estimate of drug-likeness (QED) is 0.751. The van der Waals surface area contributed by atoms with Crippen molar-refractivity contribution >= 4 is 17.4 Å². The number of rotatable bonds is 2. The molecule has 0 fully saturated rings. The van der Waals surface area contributed by atoms with Crippen LogP contribution in [0.4, 0.5) is 5.69 Å². The average molecular weight is 216 g/mol. The van der Waals surface area contributed by atoms with Crippen LogP contribution in [0.1, 0.15) is 16.8 Å². The van der Waals surface area contributed by atoms with Crippen molar-refractivity contribution in [1.82, 2.24) is 0 Å². The summed E-state index contributed by atoms with van der Waals surface area (Å²) in [6, 6.07) is 6.50. The molecular formula is C11H8N2O3. The fourth-order valence-electron chi connectivity index (χ4n) is 1.43. The molecule has 2 rings (SSSR count). The van der Waals surface area contributed by atoms with E-state index < -0.39 is 0 Å². The number of Topliss-reactive ketones (excluding diaryl/α,β-unsaturated/α-hetero) is 1. The van der Waals surface area contributed by atoms with Crippen molar-refractivity contribution in [3.05, 3.63) is 23.8 Å². The fourth-order valence-corrected chi connectivity index (χ4v) is 1.43. The first-order valence-corrected chi connectivity index (χ1v) is 4.67. The van der Waals surface area contributed by atoms with Gasteiger partial charge < -0.3 is 10.1 Å². The van der Waals surface area contributed by atoms with Crippen LogP contribution in [-0.2, 0) is 4.79 Å². The molecule has 5 heteroatoms. The lowest BCUT2D eigenvalue weighted by Gasteiger charge is -2.18. The number of carbonyl (C=O) groups is 2. The van der Waals surface area contributed by atoms with Gasteiger partial charge in [-0.3, -0.25) is 9.59 Å². The highest BCUT2D eigenvalue weighted by Crippen LogP contribution is 2.28. The standard InChI is InChI=1S/C11H8N2O3/c12-4-3-9(14)7-1-2-10-8(5-7)13-11(15)6-16-10/h1-2,5H,3,6H2,(H,13,15). The van der Waals surface area contributed by atoms with Crippen LogP contribution in [0.3, 0.4) is 0 Å². The third kappa shape index (κ3) is 1.86. The number of amides is 1. The van der Waals surface area contributed by atoms with Gasteiger partial charge in [-0.25, -0.2) is 0 Å². The predicted molar refractivity (Wildman–Crippen MR) is 55.1 cm³/mol. The largest absolute Gasteiger partial charge is 0.482 e. The summed E-state index contributed by atoms with van der Waals surface area (Å²) < 4.78 is 5.14. The Hall–Kier alpha value is -2.35. The van der Waals surface area contributed by atoms with Crippen LogP contribution in [0.5, 0.6) is 5.75 Å². The molecule has 0 atom stereocenters. The molecule has 0 bridgehead atoms. The molecule has 1 amide bonds. The predicted octanol–water partition coefficient (Wildman–Crippen LogP) is 1.11. The van der Waals surface area contributed by atoms with Crippen LogP contribution in [-0.4, -0.2) is 18.3 Å². The van der Waals surface area contributed by atoms with Crippen molar-refractivity contribution < 1.29 is 14.3 Å². The van der Waals surface area contributed by atoms with E-state index in [1.54, 1.807) is 18.2 Å². The van der Waals surface area contributed by atoms with Crippen molar-refractivity contribution in [3.8, 4) is 11.8 Å². The molecule has 16 heavy (non-hydrogen) atoms. The van der Waals surface area contributed by atoms with Crippen molar-refractivity contribution in [2.75, 3.05) is 11.9 Å². The molecule has 80 valence electrons.